The predicted octanol–water partition coefficient (Wildman–Crippen LogP) is 3.94. The van der Waals surface area contributed by atoms with Crippen LogP contribution in [-0.2, 0) is 4.79 Å². The molecule has 1 fully saturated rings. The lowest BCUT2D eigenvalue weighted by Crippen LogP contribution is -2.33. The van der Waals surface area contributed by atoms with E-state index in [-0.39, 0.29) is 29.5 Å². The van der Waals surface area contributed by atoms with Crippen LogP contribution in [0.25, 0.3) is 0 Å². The van der Waals surface area contributed by atoms with Crippen molar-refractivity contribution in [2.24, 2.45) is 11.8 Å². The van der Waals surface area contributed by atoms with Gasteiger partial charge in [0.1, 0.15) is 0 Å². The molecule has 2 bridgehead atoms. The zero-order valence-corrected chi connectivity index (χ0v) is 15.2. The zero-order chi connectivity index (χ0) is 17.6. The van der Waals surface area contributed by atoms with Crippen molar-refractivity contribution in [3.05, 3.63) is 39.1 Å². The molecule has 0 aromatic carbocycles. The number of anilines is 1. The summed E-state index contributed by atoms with van der Waals surface area (Å²) >= 11 is 1.47. The Morgan fingerprint density at radius 2 is 1.72 bits per heavy atom. The van der Waals surface area contributed by atoms with Crippen LogP contribution < -0.4 is 5.01 Å². The third-order valence-electron chi connectivity index (χ3n) is 6.35. The SMILES string of the molecule is CC(=O)N(c1ccsc1)n1c(O)c2c(c1O)C1C(C)=C(C)C2C2CC12. The Bertz CT molecular complexity index is 893. The molecule has 5 nitrogen and oxygen atoms in total. The van der Waals surface area contributed by atoms with Crippen LogP contribution in [0.4, 0.5) is 5.69 Å². The molecule has 2 N–H and O–H groups in total. The van der Waals surface area contributed by atoms with E-state index in [4.69, 9.17) is 0 Å². The highest BCUT2D eigenvalue weighted by atomic mass is 32.1. The van der Waals surface area contributed by atoms with Crippen LogP contribution in [0.3, 0.4) is 0 Å². The second-order valence-electron chi connectivity index (χ2n) is 7.48. The summed E-state index contributed by atoms with van der Waals surface area (Å²) in [5, 5.41) is 27.1. The smallest absolute Gasteiger partial charge is 0.243 e. The normalized spacial score (nSPS) is 28.8. The van der Waals surface area contributed by atoms with Crippen molar-refractivity contribution in [1.29, 1.82) is 0 Å². The number of nitrogens with zero attached hydrogens (tertiary/aromatic N) is 2. The Morgan fingerprint density at radius 3 is 2.16 bits per heavy atom. The van der Waals surface area contributed by atoms with Gasteiger partial charge in [-0.3, -0.25) is 4.79 Å². The molecule has 1 saturated carbocycles. The average Bonchev–Trinajstić information content (AvgIpc) is 3.11. The first-order valence-electron chi connectivity index (χ1n) is 8.60. The first kappa shape index (κ1) is 15.1. The second-order valence-corrected chi connectivity index (χ2v) is 8.26. The molecule has 4 atom stereocenters. The standard InChI is InChI=1S/C19H20N2O3S/c1-8-9(2)15-13-6-12(13)14(8)16-17(15)19(24)21(18(16)23)20(10(3)22)11-4-5-25-7-11/h4-5,7,12-15,23-24H,6H2,1-3H3. The summed E-state index contributed by atoms with van der Waals surface area (Å²) in [5.74, 6) is 1.20. The van der Waals surface area contributed by atoms with E-state index < -0.39 is 0 Å². The number of carbonyl (C=O) groups excluding carboxylic acids is 1. The van der Waals surface area contributed by atoms with Crippen molar-refractivity contribution >= 4 is 22.9 Å². The summed E-state index contributed by atoms with van der Waals surface area (Å²) in [6.45, 7) is 5.72. The van der Waals surface area contributed by atoms with Crippen LogP contribution in [0.15, 0.2) is 28.0 Å². The van der Waals surface area contributed by atoms with Gasteiger partial charge in [-0.15, -0.1) is 0 Å². The van der Waals surface area contributed by atoms with Crippen LogP contribution in [0.5, 0.6) is 11.8 Å². The molecular weight excluding hydrogens is 336 g/mol. The fraction of sp³-hybridized carbons (Fsp3) is 0.421. The Kier molecular flexibility index (Phi) is 2.83. The van der Waals surface area contributed by atoms with Gasteiger partial charge in [-0.1, -0.05) is 11.1 Å². The van der Waals surface area contributed by atoms with Gasteiger partial charge in [-0.05, 0) is 43.6 Å². The minimum Gasteiger partial charge on any atom is -0.493 e. The Morgan fingerprint density at radius 1 is 1.16 bits per heavy atom. The first-order chi connectivity index (χ1) is 11.9. The minimum absolute atomic E-state index is 0.00102. The number of hydrogen-bond acceptors (Lipinski definition) is 4. The summed E-state index contributed by atoms with van der Waals surface area (Å²) in [5.41, 5.74) is 4.92. The topological polar surface area (TPSA) is 65.7 Å². The Balaban J connectivity index is 1.75. The molecule has 6 heteroatoms. The number of allylic oxidation sites excluding steroid dienone is 2. The van der Waals surface area contributed by atoms with Crippen LogP contribution in [0, 0.1) is 11.8 Å². The van der Waals surface area contributed by atoms with E-state index in [2.05, 4.69) is 13.8 Å². The van der Waals surface area contributed by atoms with Crippen molar-refractivity contribution < 1.29 is 15.0 Å². The van der Waals surface area contributed by atoms with Crippen LogP contribution in [-0.4, -0.2) is 20.8 Å². The molecule has 0 saturated heterocycles. The molecule has 1 amide bonds. The van der Waals surface area contributed by atoms with Gasteiger partial charge in [0.05, 0.1) is 5.69 Å². The van der Waals surface area contributed by atoms with E-state index >= 15 is 0 Å². The largest absolute Gasteiger partial charge is 0.493 e. The van der Waals surface area contributed by atoms with Gasteiger partial charge in [0.2, 0.25) is 17.7 Å². The number of hydrogen-bond donors (Lipinski definition) is 2. The maximum atomic E-state index is 12.3. The zero-order valence-electron chi connectivity index (χ0n) is 14.4. The fourth-order valence-electron chi connectivity index (χ4n) is 5.18. The lowest BCUT2D eigenvalue weighted by Gasteiger charge is -2.37. The maximum absolute atomic E-state index is 12.3. The van der Waals surface area contributed by atoms with Gasteiger partial charge in [0.15, 0.2) is 0 Å². The highest BCUT2D eigenvalue weighted by molar-refractivity contribution is 7.08. The van der Waals surface area contributed by atoms with Crippen molar-refractivity contribution in [3.63, 3.8) is 0 Å². The molecule has 130 valence electrons. The molecule has 6 rings (SSSR count). The van der Waals surface area contributed by atoms with Crippen molar-refractivity contribution in [2.45, 2.75) is 39.0 Å². The number of aromatic nitrogens is 1. The lowest BCUT2D eigenvalue weighted by molar-refractivity contribution is -0.117. The van der Waals surface area contributed by atoms with Gasteiger partial charge >= 0.3 is 0 Å². The third-order valence-corrected chi connectivity index (χ3v) is 7.02. The van der Waals surface area contributed by atoms with E-state index in [1.807, 2.05) is 16.8 Å². The third kappa shape index (κ3) is 1.70. The van der Waals surface area contributed by atoms with Crippen LogP contribution in [0.1, 0.15) is 50.2 Å². The van der Waals surface area contributed by atoms with E-state index in [9.17, 15) is 15.0 Å². The summed E-state index contributed by atoms with van der Waals surface area (Å²) in [4.78, 5) is 12.3. The average molecular weight is 356 g/mol. The fourth-order valence-corrected chi connectivity index (χ4v) is 5.80. The molecule has 0 aliphatic heterocycles. The Labute approximate surface area is 149 Å². The monoisotopic (exact) mass is 356 g/mol. The van der Waals surface area contributed by atoms with Crippen LogP contribution >= 0.6 is 11.3 Å². The number of aromatic hydroxyl groups is 2. The molecule has 4 unspecified atom stereocenters. The van der Waals surface area contributed by atoms with Crippen molar-refractivity contribution in [1.82, 2.24) is 4.68 Å². The summed E-state index contributed by atoms with van der Waals surface area (Å²) in [6.07, 6.45) is 1.15. The summed E-state index contributed by atoms with van der Waals surface area (Å²) in [6, 6.07) is 1.81. The second kappa shape index (κ2) is 4.69. The van der Waals surface area contributed by atoms with Gasteiger partial charge in [-0.25, -0.2) is 5.01 Å². The molecule has 4 aliphatic rings. The predicted molar refractivity (Wildman–Crippen MR) is 96.1 cm³/mol. The number of amides is 1. The molecule has 2 heterocycles. The van der Waals surface area contributed by atoms with Gasteiger partial charge in [0, 0.05) is 35.3 Å². The van der Waals surface area contributed by atoms with E-state index in [1.165, 1.54) is 39.1 Å². The van der Waals surface area contributed by atoms with Gasteiger partial charge in [-0.2, -0.15) is 16.0 Å². The quantitative estimate of drug-likeness (QED) is 0.801. The molecular formula is C19H20N2O3S. The van der Waals surface area contributed by atoms with Gasteiger partial charge < -0.3 is 10.2 Å². The molecule has 2 aromatic heterocycles. The van der Waals surface area contributed by atoms with Crippen LogP contribution in [0.2, 0.25) is 0 Å². The maximum Gasteiger partial charge on any atom is 0.243 e. The molecule has 2 aromatic rings. The summed E-state index contributed by atoms with van der Waals surface area (Å²) in [7, 11) is 0. The number of rotatable bonds is 2. The van der Waals surface area contributed by atoms with E-state index in [0.717, 1.165) is 17.5 Å². The molecule has 0 radical (unpaired) electrons. The number of carbonyl (C=O) groups is 1. The highest BCUT2D eigenvalue weighted by Crippen LogP contribution is 2.71. The van der Waals surface area contributed by atoms with E-state index in [0.29, 0.717) is 17.5 Å². The summed E-state index contributed by atoms with van der Waals surface area (Å²) < 4.78 is 1.30. The van der Waals surface area contributed by atoms with Crippen molar-refractivity contribution in [3.8, 4) is 11.8 Å². The van der Waals surface area contributed by atoms with Gasteiger partial charge in [0.25, 0.3) is 0 Å². The molecule has 4 aliphatic carbocycles. The minimum atomic E-state index is -0.254. The molecule has 25 heavy (non-hydrogen) atoms. The first-order valence-corrected chi connectivity index (χ1v) is 9.54. The molecule has 0 spiro atoms. The lowest BCUT2D eigenvalue weighted by atomic mass is 9.65. The van der Waals surface area contributed by atoms with E-state index in [1.54, 1.807) is 0 Å². The number of thiophene rings is 1. The Hall–Kier alpha value is -2.21. The highest BCUT2D eigenvalue weighted by Gasteiger charge is 2.60. The van der Waals surface area contributed by atoms with Crippen molar-refractivity contribution in [2.75, 3.05) is 5.01 Å².